The highest BCUT2D eigenvalue weighted by Crippen LogP contribution is 2.45. The Hall–Kier alpha value is -4.29. The molecule has 10 nitrogen and oxygen atoms in total. The second-order valence-electron chi connectivity index (χ2n) is 11.6. The fourth-order valence-corrected chi connectivity index (χ4v) is 6.78. The molecule has 45 heavy (non-hydrogen) atoms. The number of anilines is 3. The molecule has 0 radical (unpaired) electrons. The van der Waals surface area contributed by atoms with Crippen molar-refractivity contribution in [2.45, 2.75) is 45.7 Å². The van der Waals surface area contributed by atoms with Gasteiger partial charge >= 0.3 is 5.69 Å². The van der Waals surface area contributed by atoms with Crippen LogP contribution < -0.4 is 21.6 Å². The summed E-state index contributed by atoms with van der Waals surface area (Å²) in [5.74, 6) is -2.12. The molecule has 1 amide bonds. The Morgan fingerprint density at radius 3 is 2.62 bits per heavy atom. The van der Waals surface area contributed by atoms with Crippen LogP contribution in [0.5, 0.6) is 0 Å². The number of nitrogen functional groups attached to an aromatic ring is 1. The van der Waals surface area contributed by atoms with Gasteiger partial charge in [-0.15, -0.1) is 0 Å². The highest BCUT2D eigenvalue weighted by atomic mass is 35.5. The van der Waals surface area contributed by atoms with E-state index < -0.39 is 34.6 Å². The van der Waals surface area contributed by atoms with Crippen LogP contribution in [-0.2, 0) is 4.79 Å². The number of nitrogens with zero attached hydrogens (tertiary/aromatic N) is 6. The van der Waals surface area contributed by atoms with Gasteiger partial charge in [-0.05, 0) is 43.5 Å². The van der Waals surface area contributed by atoms with E-state index in [2.05, 4.69) is 26.8 Å². The van der Waals surface area contributed by atoms with Crippen LogP contribution in [-0.4, -0.2) is 62.0 Å². The van der Waals surface area contributed by atoms with Crippen LogP contribution in [0.2, 0.25) is 10.0 Å². The first-order chi connectivity index (χ1) is 21.3. The first-order valence-electron chi connectivity index (χ1n) is 14.3. The van der Waals surface area contributed by atoms with Gasteiger partial charge in [-0.25, -0.2) is 23.1 Å². The number of rotatable bonds is 4. The number of benzene rings is 1. The molecule has 0 spiro atoms. The van der Waals surface area contributed by atoms with Crippen LogP contribution in [0.15, 0.2) is 35.8 Å². The van der Waals surface area contributed by atoms with Crippen molar-refractivity contribution >= 4 is 57.3 Å². The maximum absolute atomic E-state index is 16.8. The summed E-state index contributed by atoms with van der Waals surface area (Å²) in [5, 5.41) is 2.90. The molecule has 3 aromatic heterocycles. The number of aromatic nitrogens is 4. The Bertz CT molecular complexity index is 1960. The molecule has 6 rings (SSSR count). The van der Waals surface area contributed by atoms with Gasteiger partial charge in [0.2, 0.25) is 5.91 Å². The van der Waals surface area contributed by atoms with E-state index in [0.29, 0.717) is 23.5 Å². The first kappa shape index (κ1) is 30.7. The minimum absolute atomic E-state index is 0.00856. The van der Waals surface area contributed by atoms with E-state index in [-0.39, 0.29) is 69.2 Å². The number of piperazine rings is 1. The molecule has 0 saturated carbocycles. The first-order valence-corrected chi connectivity index (χ1v) is 15.1. The molecule has 1 saturated heterocycles. The van der Waals surface area contributed by atoms with Gasteiger partial charge < -0.3 is 20.9 Å². The molecule has 0 aliphatic carbocycles. The number of nitrogens with one attached hydrogen (secondary N) is 1. The van der Waals surface area contributed by atoms with Crippen molar-refractivity contribution in [1.82, 2.24) is 24.4 Å². The Morgan fingerprint density at radius 1 is 1.20 bits per heavy atom. The summed E-state index contributed by atoms with van der Waals surface area (Å²) < 4.78 is 33.7. The molecular formula is C31H30Cl2F2N8O2. The van der Waals surface area contributed by atoms with Gasteiger partial charge in [0.05, 0.1) is 49.8 Å². The summed E-state index contributed by atoms with van der Waals surface area (Å²) in [6.45, 7) is 11.9. The van der Waals surface area contributed by atoms with Crippen LogP contribution in [0, 0.1) is 18.6 Å². The molecule has 1 aromatic carbocycles. The number of carbonyl (C=O) groups excluding carboxylic acids is 1. The SMILES string of the molecule is C=CC(=O)N1CC(C)N2c3nc(=O)n(-c4c(C)ccnc4C(C)C)c4nc(-c5c(N)c(Cl)cc(Cl)c5F)c(F)c(c34)NCC2C1. The normalized spacial score (nSPS) is 17.7. The predicted octanol–water partition coefficient (Wildman–Crippen LogP) is 5.46. The van der Waals surface area contributed by atoms with E-state index in [4.69, 9.17) is 28.9 Å². The van der Waals surface area contributed by atoms with E-state index in [0.717, 1.165) is 6.07 Å². The molecule has 4 aromatic rings. The Labute approximate surface area is 267 Å². The van der Waals surface area contributed by atoms with Gasteiger partial charge in [-0.3, -0.25) is 9.78 Å². The van der Waals surface area contributed by atoms with Crippen LogP contribution in [0.3, 0.4) is 0 Å². The molecule has 2 aliphatic heterocycles. The number of halogens is 4. The maximum Gasteiger partial charge on any atom is 0.355 e. The lowest BCUT2D eigenvalue weighted by atomic mass is 10.0. The number of nitrogens with two attached hydrogens (primary N) is 1. The van der Waals surface area contributed by atoms with Crippen molar-refractivity contribution in [2.75, 3.05) is 35.6 Å². The maximum atomic E-state index is 16.8. The Kier molecular flexibility index (Phi) is 7.68. The van der Waals surface area contributed by atoms with Crippen molar-refractivity contribution in [3.8, 4) is 16.9 Å². The van der Waals surface area contributed by atoms with Crippen molar-refractivity contribution in [3.05, 3.63) is 74.4 Å². The van der Waals surface area contributed by atoms with E-state index in [1.54, 1.807) is 17.2 Å². The lowest BCUT2D eigenvalue weighted by molar-refractivity contribution is -0.127. The van der Waals surface area contributed by atoms with E-state index in [1.807, 2.05) is 32.6 Å². The second kappa shape index (κ2) is 11.3. The zero-order valence-electron chi connectivity index (χ0n) is 25.0. The number of fused-ring (bicyclic) bond motifs is 2. The number of amides is 1. The van der Waals surface area contributed by atoms with Crippen molar-refractivity contribution in [3.63, 3.8) is 0 Å². The lowest BCUT2D eigenvalue weighted by Gasteiger charge is -2.45. The molecule has 14 heteroatoms. The van der Waals surface area contributed by atoms with Crippen LogP contribution in [0.1, 0.15) is 37.9 Å². The van der Waals surface area contributed by atoms with Crippen molar-refractivity contribution < 1.29 is 13.6 Å². The topological polar surface area (TPSA) is 122 Å². The third kappa shape index (κ3) is 4.78. The minimum Gasteiger partial charge on any atom is -0.397 e. The van der Waals surface area contributed by atoms with Gasteiger partial charge in [0, 0.05) is 31.9 Å². The summed E-state index contributed by atoms with van der Waals surface area (Å²) in [6, 6.07) is 2.15. The monoisotopic (exact) mass is 654 g/mol. The third-order valence-electron chi connectivity index (χ3n) is 8.35. The molecule has 3 N–H and O–H groups in total. The molecule has 1 fully saturated rings. The number of hydrogen-bond acceptors (Lipinski definition) is 8. The van der Waals surface area contributed by atoms with Gasteiger partial charge in [0.25, 0.3) is 0 Å². The summed E-state index contributed by atoms with van der Waals surface area (Å²) >= 11 is 12.4. The average molecular weight is 656 g/mol. The van der Waals surface area contributed by atoms with Crippen molar-refractivity contribution in [1.29, 1.82) is 0 Å². The van der Waals surface area contributed by atoms with E-state index >= 15 is 8.78 Å². The summed E-state index contributed by atoms with van der Waals surface area (Å²) in [6.07, 6.45) is 2.88. The zero-order chi connectivity index (χ0) is 32.5. The quantitative estimate of drug-likeness (QED) is 0.169. The standard InChI is InChI=1S/C31H30Cl2F2N8O2/c1-6-19(44)41-11-15(5)42-16(12-41)10-38-26-21-29(39-27(23(26)35)20-22(34)17(32)9-18(33)24(20)36)43(31(45)40-30(21)42)28-14(4)7-8-37-25(28)13(2)3/h6-9,13,15-16,38H,1,10-12,36H2,2-5H3. The largest absolute Gasteiger partial charge is 0.397 e. The average Bonchev–Trinajstić information content (AvgIpc) is 3.16. The van der Waals surface area contributed by atoms with Crippen LogP contribution in [0.4, 0.5) is 26.0 Å². The number of carbonyl (C=O) groups is 1. The molecule has 2 unspecified atom stereocenters. The Balaban J connectivity index is 1.76. The zero-order valence-corrected chi connectivity index (χ0v) is 26.5. The summed E-state index contributed by atoms with van der Waals surface area (Å²) in [4.78, 5) is 44.0. The molecule has 234 valence electrons. The van der Waals surface area contributed by atoms with E-state index in [9.17, 15) is 9.59 Å². The highest BCUT2D eigenvalue weighted by molar-refractivity contribution is 6.37. The minimum atomic E-state index is -1.02. The molecular weight excluding hydrogens is 625 g/mol. The van der Waals surface area contributed by atoms with E-state index in [1.165, 1.54) is 10.6 Å². The van der Waals surface area contributed by atoms with Gasteiger partial charge in [0.15, 0.2) is 17.3 Å². The van der Waals surface area contributed by atoms with Gasteiger partial charge in [0.1, 0.15) is 11.5 Å². The Morgan fingerprint density at radius 2 is 1.93 bits per heavy atom. The number of hydrogen-bond donors (Lipinski definition) is 2. The fourth-order valence-electron chi connectivity index (χ4n) is 6.31. The molecule has 0 bridgehead atoms. The second-order valence-corrected chi connectivity index (χ2v) is 12.4. The summed E-state index contributed by atoms with van der Waals surface area (Å²) in [7, 11) is 0. The fraction of sp³-hybridized carbons (Fsp3) is 0.323. The van der Waals surface area contributed by atoms with Gasteiger partial charge in [-0.1, -0.05) is 43.6 Å². The smallest absolute Gasteiger partial charge is 0.355 e. The number of aryl methyl sites for hydroxylation is 1. The molecule has 5 heterocycles. The third-order valence-corrected chi connectivity index (χ3v) is 8.93. The van der Waals surface area contributed by atoms with Crippen LogP contribution >= 0.6 is 23.2 Å². The lowest BCUT2D eigenvalue weighted by Crippen LogP contribution is -2.61. The van der Waals surface area contributed by atoms with Crippen molar-refractivity contribution in [2.24, 2.45) is 0 Å². The molecule has 2 atom stereocenters. The highest BCUT2D eigenvalue weighted by Gasteiger charge is 2.40. The number of pyridine rings is 2. The van der Waals surface area contributed by atoms with Crippen LogP contribution in [0.25, 0.3) is 28.0 Å². The predicted molar refractivity (Wildman–Crippen MR) is 173 cm³/mol. The summed E-state index contributed by atoms with van der Waals surface area (Å²) in [5.41, 5.74) is 5.98. The van der Waals surface area contributed by atoms with Gasteiger partial charge in [-0.2, -0.15) is 4.98 Å². The molecule has 2 aliphatic rings.